The van der Waals surface area contributed by atoms with Gasteiger partial charge >= 0.3 is 0 Å². The third-order valence-electron chi connectivity index (χ3n) is 6.23. The van der Waals surface area contributed by atoms with E-state index in [9.17, 15) is 9.18 Å². The SMILES string of the molecule is O=C1CCC2(CCN(C[C@@H]3CCOC3)CC2)N1Cc1cccc(F)c1. The molecule has 3 fully saturated rings. The van der Waals surface area contributed by atoms with Crippen molar-refractivity contribution in [3.63, 3.8) is 0 Å². The van der Waals surface area contributed by atoms with Crippen LogP contribution < -0.4 is 0 Å². The van der Waals surface area contributed by atoms with Gasteiger partial charge in [0.05, 0.1) is 6.61 Å². The molecule has 0 unspecified atom stereocenters. The molecule has 3 heterocycles. The van der Waals surface area contributed by atoms with Crippen LogP contribution in [0.2, 0.25) is 0 Å². The van der Waals surface area contributed by atoms with Crippen molar-refractivity contribution in [1.29, 1.82) is 0 Å². The van der Waals surface area contributed by atoms with Crippen LogP contribution in [-0.4, -0.2) is 54.1 Å². The maximum Gasteiger partial charge on any atom is 0.223 e. The smallest absolute Gasteiger partial charge is 0.223 e. The summed E-state index contributed by atoms with van der Waals surface area (Å²) in [7, 11) is 0. The number of amides is 1. The Kier molecular flexibility index (Phi) is 4.78. The van der Waals surface area contributed by atoms with Gasteiger partial charge in [0.1, 0.15) is 5.82 Å². The average molecular weight is 346 g/mol. The van der Waals surface area contributed by atoms with E-state index in [1.807, 2.05) is 11.0 Å². The molecular formula is C20H27FN2O2. The third kappa shape index (κ3) is 3.58. The molecule has 0 N–H and O–H groups in total. The van der Waals surface area contributed by atoms with Crippen LogP contribution in [0.3, 0.4) is 0 Å². The number of nitrogens with zero attached hydrogens (tertiary/aromatic N) is 2. The molecule has 4 nitrogen and oxygen atoms in total. The summed E-state index contributed by atoms with van der Waals surface area (Å²) in [6.07, 6.45) is 4.81. The van der Waals surface area contributed by atoms with Gasteiger partial charge in [-0.1, -0.05) is 12.1 Å². The number of rotatable bonds is 4. The Bertz CT molecular complexity index is 622. The van der Waals surface area contributed by atoms with Crippen LogP contribution in [0.5, 0.6) is 0 Å². The van der Waals surface area contributed by atoms with Gasteiger partial charge in [0.2, 0.25) is 5.91 Å². The lowest BCUT2D eigenvalue weighted by atomic mass is 9.84. The number of hydrogen-bond acceptors (Lipinski definition) is 3. The molecule has 3 aliphatic rings. The number of hydrogen-bond donors (Lipinski definition) is 0. The summed E-state index contributed by atoms with van der Waals surface area (Å²) in [5.74, 6) is 0.663. The average Bonchev–Trinajstić information content (AvgIpc) is 3.21. The standard InChI is InChI=1S/C20H27FN2O2/c21-18-3-1-2-16(12-18)14-23-19(24)4-6-20(23)7-9-22(10-8-20)13-17-5-11-25-15-17/h1-3,12,17H,4-11,13-15H2/t17-/m0/s1. The van der Waals surface area contributed by atoms with E-state index in [0.29, 0.717) is 18.9 Å². The van der Waals surface area contributed by atoms with Crippen LogP contribution in [0.1, 0.15) is 37.7 Å². The van der Waals surface area contributed by atoms with Gasteiger partial charge in [-0.2, -0.15) is 0 Å². The lowest BCUT2D eigenvalue weighted by Gasteiger charge is -2.45. The summed E-state index contributed by atoms with van der Waals surface area (Å²) in [4.78, 5) is 17.1. The maximum atomic E-state index is 13.5. The van der Waals surface area contributed by atoms with Crippen LogP contribution >= 0.6 is 0 Å². The molecule has 136 valence electrons. The highest BCUT2D eigenvalue weighted by molar-refractivity contribution is 5.79. The van der Waals surface area contributed by atoms with Crippen molar-refractivity contribution in [3.05, 3.63) is 35.6 Å². The predicted octanol–water partition coefficient (Wildman–Crippen LogP) is 2.82. The predicted molar refractivity (Wildman–Crippen MR) is 93.5 cm³/mol. The quantitative estimate of drug-likeness (QED) is 0.840. The molecular weight excluding hydrogens is 319 g/mol. The molecule has 0 radical (unpaired) electrons. The molecule has 1 aromatic carbocycles. The number of halogens is 1. The molecule has 0 aliphatic carbocycles. The zero-order valence-corrected chi connectivity index (χ0v) is 14.8. The highest BCUT2D eigenvalue weighted by atomic mass is 19.1. The van der Waals surface area contributed by atoms with Crippen LogP contribution in [0.25, 0.3) is 0 Å². The second kappa shape index (κ2) is 7.04. The van der Waals surface area contributed by atoms with Crippen molar-refractivity contribution >= 4 is 5.91 Å². The Labute approximate surface area is 148 Å². The summed E-state index contributed by atoms with van der Waals surface area (Å²) in [6, 6.07) is 6.65. The fourth-order valence-corrected chi connectivity index (χ4v) is 4.71. The topological polar surface area (TPSA) is 32.8 Å². The first-order chi connectivity index (χ1) is 12.1. The van der Waals surface area contributed by atoms with Gasteiger partial charge in [0.15, 0.2) is 0 Å². The summed E-state index contributed by atoms with van der Waals surface area (Å²) in [5, 5.41) is 0. The number of likely N-dealkylation sites (tertiary alicyclic amines) is 2. The fourth-order valence-electron chi connectivity index (χ4n) is 4.71. The Morgan fingerprint density at radius 2 is 2.08 bits per heavy atom. The molecule has 1 aromatic rings. The summed E-state index contributed by atoms with van der Waals surface area (Å²) in [6.45, 7) is 5.54. The number of benzene rings is 1. The zero-order valence-electron chi connectivity index (χ0n) is 14.8. The Morgan fingerprint density at radius 1 is 1.24 bits per heavy atom. The van der Waals surface area contributed by atoms with Crippen LogP contribution in [0.15, 0.2) is 24.3 Å². The molecule has 3 aliphatic heterocycles. The van der Waals surface area contributed by atoms with Gasteiger partial charge in [-0.25, -0.2) is 4.39 Å². The van der Waals surface area contributed by atoms with Crippen molar-refractivity contribution in [2.24, 2.45) is 5.92 Å². The van der Waals surface area contributed by atoms with Gasteiger partial charge in [-0.3, -0.25) is 4.79 Å². The van der Waals surface area contributed by atoms with E-state index >= 15 is 0 Å². The number of ether oxygens (including phenoxy) is 1. The van der Waals surface area contributed by atoms with Crippen LogP contribution in [0.4, 0.5) is 4.39 Å². The van der Waals surface area contributed by atoms with Gasteiger partial charge in [0.25, 0.3) is 0 Å². The van der Waals surface area contributed by atoms with Crippen molar-refractivity contribution in [2.75, 3.05) is 32.8 Å². The fraction of sp³-hybridized carbons (Fsp3) is 0.650. The molecule has 1 atom stereocenters. The van der Waals surface area contributed by atoms with E-state index in [4.69, 9.17) is 4.74 Å². The summed E-state index contributed by atoms with van der Waals surface area (Å²) in [5.41, 5.74) is 0.867. The lowest BCUT2D eigenvalue weighted by Crippen LogP contribution is -2.53. The normalized spacial score (nSPS) is 26.7. The van der Waals surface area contributed by atoms with E-state index in [2.05, 4.69) is 4.90 Å². The minimum atomic E-state index is -0.230. The lowest BCUT2D eigenvalue weighted by molar-refractivity contribution is -0.133. The van der Waals surface area contributed by atoms with Crippen LogP contribution in [-0.2, 0) is 16.1 Å². The Morgan fingerprint density at radius 3 is 2.80 bits per heavy atom. The number of carbonyl (C=O) groups excluding carboxylic acids is 1. The zero-order chi connectivity index (χ0) is 17.3. The minimum Gasteiger partial charge on any atom is -0.381 e. The summed E-state index contributed by atoms with van der Waals surface area (Å²) < 4.78 is 19.0. The second-order valence-corrected chi connectivity index (χ2v) is 7.86. The monoisotopic (exact) mass is 346 g/mol. The molecule has 0 saturated carbocycles. The first kappa shape index (κ1) is 17.0. The first-order valence-electron chi connectivity index (χ1n) is 9.50. The van der Waals surface area contributed by atoms with E-state index in [-0.39, 0.29) is 17.3 Å². The Balaban J connectivity index is 1.41. The third-order valence-corrected chi connectivity index (χ3v) is 6.23. The highest BCUT2D eigenvalue weighted by Gasteiger charge is 2.46. The molecule has 0 aromatic heterocycles. The van der Waals surface area contributed by atoms with Crippen LogP contribution in [0, 0.1) is 11.7 Å². The molecule has 4 rings (SSSR count). The molecule has 1 amide bonds. The highest BCUT2D eigenvalue weighted by Crippen LogP contribution is 2.40. The van der Waals surface area contributed by atoms with Gasteiger partial charge < -0.3 is 14.5 Å². The molecule has 1 spiro atoms. The van der Waals surface area contributed by atoms with E-state index in [0.717, 1.165) is 57.7 Å². The first-order valence-corrected chi connectivity index (χ1v) is 9.50. The van der Waals surface area contributed by atoms with Crippen molar-refractivity contribution in [1.82, 2.24) is 9.80 Å². The molecule has 0 bridgehead atoms. The van der Waals surface area contributed by atoms with Gasteiger partial charge in [-0.15, -0.1) is 0 Å². The van der Waals surface area contributed by atoms with E-state index < -0.39 is 0 Å². The van der Waals surface area contributed by atoms with Crippen molar-refractivity contribution in [2.45, 2.75) is 44.2 Å². The largest absolute Gasteiger partial charge is 0.381 e. The van der Waals surface area contributed by atoms with Crippen molar-refractivity contribution < 1.29 is 13.9 Å². The number of piperidine rings is 1. The molecule has 25 heavy (non-hydrogen) atoms. The van der Waals surface area contributed by atoms with Crippen molar-refractivity contribution in [3.8, 4) is 0 Å². The van der Waals surface area contributed by atoms with Gasteiger partial charge in [-0.05, 0) is 49.3 Å². The number of carbonyl (C=O) groups is 1. The molecule has 3 saturated heterocycles. The molecule has 5 heteroatoms. The maximum absolute atomic E-state index is 13.5. The van der Waals surface area contributed by atoms with E-state index in [1.54, 1.807) is 12.1 Å². The minimum absolute atomic E-state index is 0.0217. The van der Waals surface area contributed by atoms with E-state index in [1.165, 1.54) is 12.5 Å². The summed E-state index contributed by atoms with van der Waals surface area (Å²) >= 11 is 0. The Hall–Kier alpha value is -1.46. The van der Waals surface area contributed by atoms with Gasteiger partial charge in [0, 0.05) is 44.7 Å². The second-order valence-electron chi connectivity index (χ2n) is 7.86.